The zero-order chi connectivity index (χ0) is 8.44. The molecule has 2 unspecified atom stereocenters. The number of hydrogen-bond acceptors (Lipinski definition) is 2. The third kappa shape index (κ3) is 1.27. The van der Waals surface area contributed by atoms with Gasteiger partial charge in [-0.15, -0.1) is 0 Å². The van der Waals surface area contributed by atoms with Gasteiger partial charge in [0.15, 0.2) is 0 Å². The number of nitrogens with one attached hydrogen (secondary N) is 1. The van der Waals surface area contributed by atoms with E-state index >= 15 is 0 Å². The predicted octanol–water partition coefficient (Wildman–Crippen LogP) is 1.56. The van der Waals surface area contributed by atoms with Crippen LogP contribution in [0.1, 0.15) is 32.6 Å². The zero-order valence-corrected chi connectivity index (χ0v) is 7.94. The topological polar surface area (TPSA) is 21.3 Å². The molecule has 0 bridgehead atoms. The molecule has 12 heavy (non-hydrogen) atoms. The summed E-state index contributed by atoms with van der Waals surface area (Å²) >= 11 is 0. The molecule has 0 aliphatic carbocycles. The van der Waals surface area contributed by atoms with Crippen molar-refractivity contribution in [2.24, 2.45) is 5.92 Å². The standard InChI is InChI=1S/C10H19NO/c1-2-9-4-7-12-8-10(9)5-3-6-11-10/h9,11H,2-8H2,1H3. The minimum atomic E-state index is 0.368. The van der Waals surface area contributed by atoms with E-state index in [9.17, 15) is 0 Å². The Labute approximate surface area is 74.7 Å². The van der Waals surface area contributed by atoms with Crippen LogP contribution in [0.15, 0.2) is 0 Å². The number of rotatable bonds is 1. The summed E-state index contributed by atoms with van der Waals surface area (Å²) in [7, 11) is 0. The molecule has 0 radical (unpaired) electrons. The summed E-state index contributed by atoms with van der Waals surface area (Å²) < 4.78 is 5.58. The van der Waals surface area contributed by atoms with Crippen LogP contribution in [0, 0.1) is 5.92 Å². The second-order valence-electron chi connectivity index (χ2n) is 4.13. The van der Waals surface area contributed by atoms with Gasteiger partial charge in [-0.25, -0.2) is 0 Å². The second-order valence-corrected chi connectivity index (χ2v) is 4.13. The maximum Gasteiger partial charge on any atom is 0.0651 e. The average Bonchev–Trinajstić information content (AvgIpc) is 2.55. The average molecular weight is 169 g/mol. The summed E-state index contributed by atoms with van der Waals surface area (Å²) in [6.45, 7) is 5.42. The van der Waals surface area contributed by atoms with Gasteiger partial charge >= 0.3 is 0 Å². The second kappa shape index (κ2) is 3.35. The summed E-state index contributed by atoms with van der Waals surface area (Å²) in [5.41, 5.74) is 0.368. The van der Waals surface area contributed by atoms with Crippen molar-refractivity contribution in [3.63, 3.8) is 0 Å². The van der Waals surface area contributed by atoms with Crippen molar-refractivity contribution in [2.75, 3.05) is 19.8 Å². The fourth-order valence-corrected chi connectivity index (χ4v) is 2.77. The highest BCUT2D eigenvalue weighted by Gasteiger charge is 2.42. The monoisotopic (exact) mass is 169 g/mol. The van der Waals surface area contributed by atoms with E-state index in [0.29, 0.717) is 5.54 Å². The number of hydrogen-bond donors (Lipinski definition) is 1. The molecular weight excluding hydrogens is 150 g/mol. The third-order valence-corrected chi connectivity index (χ3v) is 3.52. The Morgan fingerprint density at radius 2 is 2.50 bits per heavy atom. The fourth-order valence-electron chi connectivity index (χ4n) is 2.77. The largest absolute Gasteiger partial charge is 0.380 e. The van der Waals surface area contributed by atoms with Gasteiger partial charge in [-0.3, -0.25) is 0 Å². The Morgan fingerprint density at radius 3 is 3.17 bits per heavy atom. The molecule has 1 N–H and O–H groups in total. The quantitative estimate of drug-likeness (QED) is 0.643. The van der Waals surface area contributed by atoms with Gasteiger partial charge in [-0.1, -0.05) is 13.3 Å². The maximum atomic E-state index is 5.58. The van der Waals surface area contributed by atoms with E-state index in [0.717, 1.165) is 19.1 Å². The summed E-state index contributed by atoms with van der Waals surface area (Å²) in [6, 6.07) is 0. The lowest BCUT2D eigenvalue weighted by Gasteiger charge is -2.41. The molecular formula is C10H19NO. The molecule has 2 atom stereocenters. The van der Waals surface area contributed by atoms with Crippen molar-refractivity contribution in [1.82, 2.24) is 5.32 Å². The zero-order valence-electron chi connectivity index (χ0n) is 7.94. The van der Waals surface area contributed by atoms with Crippen molar-refractivity contribution in [3.8, 4) is 0 Å². The van der Waals surface area contributed by atoms with Crippen molar-refractivity contribution in [3.05, 3.63) is 0 Å². The molecule has 2 saturated heterocycles. The Balaban J connectivity index is 2.07. The van der Waals surface area contributed by atoms with Gasteiger partial charge in [0.25, 0.3) is 0 Å². The maximum absolute atomic E-state index is 5.58. The van der Waals surface area contributed by atoms with Crippen molar-refractivity contribution in [1.29, 1.82) is 0 Å². The molecule has 2 rings (SSSR count). The highest BCUT2D eigenvalue weighted by atomic mass is 16.5. The predicted molar refractivity (Wildman–Crippen MR) is 49.2 cm³/mol. The van der Waals surface area contributed by atoms with E-state index in [4.69, 9.17) is 4.74 Å². The van der Waals surface area contributed by atoms with Crippen LogP contribution in [-0.2, 0) is 4.74 Å². The highest BCUT2D eigenvalue weighted by molar-refractivity contribution is 4.99. The fraction of sp³-hybridized carbons (Fsp3) is 1.00. The molecule has 2 aliphatic rings. The van der Waals surface area contributed by atoms with Crippen molar-refractivity contribution >= 4 is 0 Å². The van der Waals surface area contributed by atoms with E-state index in [2.05, 4.69) is 12.2 Å². The van der Waals surface area contributed by atoms with Gasteiger partial charge < -0.3 is 10.1 Å². The Bertz CT molecular complexity index is 152. The van der Waals surface area contributed by atoms with Crippen LogP contribution in [0.3, 0.4) is 0 Å². The van der Waals surface area contributed by atoms with Crippen LogP contribution >= 0.6 is 0 Å². The SMILES string of the molecule is CCC1CCOCC12CCCN2. The molecule has 0 aromatic rings. The molecule has 0 aromatic heterocycles. The molecule has 70 valence electrons. The summed E-state index contributed by atoms with van der Waals surface area (Å²) in [5.74, 6) is 0.855. The van der Waals surface area contributed by atoms with Crippen LogP contribution in [0.5, 0.6) is 0 Å². The highest BCUT2D eigenvalue weighted by Crippen LogP contribution is 2.35. The van der Waals surface area contributed by atoms with Gasteiger partial charge in [-0.05, 0) is 31.7 Å². The first-order chi connectivity index (χ1) is 5.87. The molecule has 2 aliphatic heterocycles. The van der Waals surface area contributed by atoms with Crippen LogP contribution in [0.25, 0.3) is 0 Å². The van der Waals surface area contributed by atoms with Crippen molar-refractivity contribution in [2.45, 2.75) is 38.1 Å². The minimum Gasteiger partial charge on any atom is -0.380 e. The lowest BCUT2D eigenvalue weighted by molar-refractivity contribution is -0.0126. The van der Waals surface area contributed by atoms with Gasteiger partial charge in [0.05, 0.1) is 6.61 Å². The molecule has 0 amide bonds. The first-order valence-corrected chi connectivity index (χ1v) is 5.20. The molecule has 2 fully saturated rings. The van der Waals surface area contributed by atoms with E-state index < -0.39 is 0 Å². The third-order valence-electron chi connectivity index (χ3n) is 3.52. The summed E-state index contributed by atoms with van der Waals surface area (Å²) in [6.07, 6.45) is 5.21. The lowest BCUT2D eigenvalue weighted by Crippen LogP contribution is -2.53. The van der Waals surface area contributed by atoms with E-state index in [1.807, 2.05) is 0 Å². The smallest absolute Gasteiger partial charge is 0.0651 e. The van der Waals surface area contributed by atoms with Crippen LogP contribution in [0.2, 0.25) is 0 Å². The number of ether oxygens (including phenoxy) is 1. The minimum absolute atomic E-state index is 0.368. The first-order valence-electron chi connectivity index (χ1n) is 5.20. The van der Waals surface area contributed by atoms with E-state index in [1.165, 1.54) is 32.2 Å². The summed E-state index contributed by atoms with van der Waals surface area (Å²) in [4.78, 5) is 0. The molecule has 2 heteroatoms. The van der Waals surface area contributed by atoms with Gasteiger partial charge in [0.2, 0.25) is 0 Å². The van der Waals surface area contributed by atoms with Gasteiger partial charge in [0.1, 0.15) is 0 Å². The molecule has 0 saturated carbocycles. The van der Waals surface area contributed by atoms with Crippen LogP contribution in [0.4, 0.5) is 0 Å². The van der Waals surface area contributed by atoms with E-state index in [1.54, 1.807) is 0 Å². The van der Waals surface area contributed by atoms with Crippen LogP contribution < -0.4 is 5.32 Å². The van der Waals surface area contributed by atoms with Crippen molar-refractivity contribution < 1.29 is 4.74 Å². The van der Waals surface area contributed by atoms with Gasteiger partial charge in [0, 0.05) is 12.1 Å². The summed E-state index contributed by atoms with van der Waals surface area (Å²) in [5, 5.41) is 3.65. The lowest BCUT2D eigenvalue weighted by atomic mass is 9.78. The first kappa shape index (κ1) is 8.52. The Hall–Kier alpha value is -0.0800. The normalized spacial score (nSPS) is 42.2. The Morgan fingerprint density at radius 1 is 1.58 bits per heavy atom. The molecule has 2 heterocycles. The molecule has 1 spiro atoms. The van der Waals surface area contributed by atoms with Crippen LogP contribution in [-0.4, -0.2) is 25.3 Å². The molecule has 2 nitrogen and oxygen atoms in total. The molecule has 0 aromatic carbocycles. The van der Waals surface area contributed by atoms with E-state index in [-0.39, 0.29) is 0 Å². The Kier molecular flexibility index (Phi) is 2.37. The van der Waals surface area contributed by atoms with Gasteiger partial charge in [-0.2, -0.15) is 0 Å².